The normalized spacial score (nSPS) is 10.5. The number of amides is 1. The maximum atomic E-state index is 11.9. The molecular formula is C17H14BrN3O2S. The minimum Gasteiger partial charge on any atom is -0.300 e. The number of anilines is 1. The van der Waals surface area contributed by atoms with Crippen molar-refractivity contribution in [2.24, 2.45) is 0 Å². The summed E-state index contributed by atoms with van der Waals surface area (Å²) in [5.41, 5.74) is 4.99. The highest BCUT2D eigenvalue weighted by Gasteiger charge is 2.08. The van der Waals surface area contributed by atoms with E-state index in [1.54, 1.807) is 0 Å². The summed E-state index contributed by atoms with van der Waals surface area (Å²) < 4.78 is 2.01. The quantitative estimate of drug-likeness (QED) is 0.605. The first-order chi connectivity index (χ1) is 11.6. The number of halogens is 1. The molecule has 0 aliphatic carbocycles. The van der Waals surface area contributed by atoms with E-state index in [0.717, 1.165) is 20.3 Å². The van der Waals surface area contributed by atoms with Crippen LogP contribution >= 0.6 is 27.3 Å². The third-order valence-electron chi connectivity index (χ3n) is 3.13. The van der Waals surface area contributed by atoms with E-state index in [9.17, 15) is 4.79 Å². The molecule has 0 saturated heterocycles. The van der Waals surface area contributed by atoms with Gasteiger partial charge in [-0.15, -0.1) is 0 Å². The van der Waals surface area contributed by atoms with Gasteiger partial charge >= 0.3 is 0 Å². The Labute approximate surface area is 151 Å². The predicted molar refractivity (Wildman–Crippen MR) is 101 cm³/mol. The first-order valence-electron chi connectivity index (χ1n) is 7.10. The number of para-hydroxylation sites is 1. The molecule has 0 atom stereocenters. The topological polar surface area (TPSA) is 63.2 Å². The van der Waals surface area contributed by atoms with Crippen molar-refractivity contribution in [2.45, 2.75) is 0 Å². The molecule has 0 radical (unpaired) electrons. The van der Waals surface area contributed by atoms with Crippen molar-refractivity contribution in [1.82, 2.24) is 10.5 Å². The SMILES string of the molecule is C=C(NOCC(=O)Nc1nc2ccccc2s1)c1ccc(Br)cc1. The lowest BCUT2D eigenvalue weighted by Crippen LogP contribution is -2.23. The second kappa shape index (κ2) is 7.57. The predicted octanol–water partition coefficient (Wildman–Crippen LogP) is 4.19. The van der Waals surface area contributed by atoms with Crippen molar-refractivity contribution in [3.63, 3.8) is 0 Å². The van der Waals surface area contributed by atoms with Crippen LogP contribution in [0.2, 0.25) is 0 Å². The van der Waals surface area contributed by atoms with Crippen LogP contribution in [0, 0.1) is 0 Å². The fourth-order valence-electron chi connectivity index (χ4n) is 1.98. The zero-order chi connectivity index (χ0) is 16.9. The number of nitrogens with one attached hydrogen (secondary N) is 2. The van der Waals surface area contributed by atoms with Crippen LogP contribution < -0.4 is 10.8 Å². The van der Waals surface area contributed by atoms with Gasteiger partial charge in [0.15, 0.2) is 11.7 Å². The minimum atomic E-state index is -0.287. The summed E-state index contributed by atoms with van der Waals surface area (Å²) in [5.74, 6) is -0.287. The molecule has 2 N–H and O–H groups in total. The van der Waals surface area contributed by atoms with Crippen molar-refractivity contribution >= 4 is 54.2 Å². The number of aromatic nitrogens is 1. The van der Waals surface area contributed by atoms with Gasteiger partial charge < -0.3 is 0 Å². The maximum absolute atomic E-state index is 11.9. The van der Waals surface area contributed by atoms with E-state index in [1.165, 1.54) is 11.3 Å². The standard InChI is InChI=1S/C17H14BrN3O2S/c1-11(12-6-8-13(18)9-7-12)21-23-10-16(22)20-17-19-14-4-2-3-5-15(14)24-17/h2-9,21H,1,10H2,(H,19,20,22). The molecule has 122 valence electrons. The van der Waals surface area contributed by atoms with Crippen molar-refractivity contribution in [1.29, 1.82) is 0 Å². The molecule has 0 bridgehead atoms. The number of carbonyl (C=O) groups is 1. The van der Waals surface area contributed by atoms with Crippen LogP contribution in [0.1, 0.15) is 5.56 Å². The molecule has 1 aromatic heterocycles. The number of hydroxylamine groups is 1. The van der Waals surface area contributed by atoms with Gasteiger partial charge in [0.1, 0.15) is 0 Å². The average Bonchev–Trinajstić information content (AvgIpc) is 2.97. The Balaban J connectivity index is 1.48. The van der Waals surface area contributed by atoms with Crippen LogP contribution in [0.25, 0.3) is 15.9 Å². The second-order valence-corrected chi connectivity index (χ2v) is 6.86. The minimum absolute atomic E-state index is 0.147. The number of benzene rings is 2. The molecule has 0 fully saturated rings. The zero-order valence-electron chi connectivity index (χ0n) is 12.6. The Morgan fingerprint density at radius 3 is 2.71 bits per heavy atom. The summed E-state index contributed by atoms with van der Waals surface area (Å²) in [5, 5.41) is 3.27. The summed E-state index contributed by atoms with van der Waals surface area (Å²) in [6.07, 6.45) is 0. The Morgan fingerprint density at radius 2 is 1.96 bits per heavy atom. The van der Waals surface area contributed by atoms with Crippen molar-refractivity contribution < 1.29 is 9.63 Å². The fraction of sp³-hybridized carbons (Fsp3) is 0.0588. The molecule has 2 aromatic carbocycles. The number of nitrogens with zero attached hydrogens (tertiary/aromatic N) is 1. The first-order valence-corrected chi connectivity index (χ1v) is 8.71. The second-order valence-electron chi connectivity index (χ2n) is 4.91. The van der Waals surface area contributed by atoms with Crippen LogP contribution in [0.5, 0.6) is 0 Å². The summed E-state index contributed by atoms with van der Waals surface area (Å²) in [4.78, 5) is 21.4. The van der Waals surface area contributed by atoms with Gasteiger partial charge in [0.2, 0.25) is 0 Å². The molecular weight excluding hydrogens is 390 g/mol. The zero-order valence-corrected chi connectivity index (χ0v) is 15.0. The molecule has 1 heterocycles. The summed E-state index contributed by atoms with van der Waals surface area (Å²) in [7, 11) is 0. The Bertz CT molecular complexity index is 844. The van der Waals surface area contributed by atoms with Crippen molar-refractivity contribution in [2.75, 3.05) is 11.9 Å². The summed E-state index contributed by atoms with van der Waals surface area (Å²) in [6.45, 7) is 3.72. The van der Waals surface area contributed by atoms with Crippen molar-refractivity contribution in [3.8, 4) is 0 Å². The van der Waals surface area contributed by atoms with Crippen LogP contribution in [0.4, 0.5) is 5.13 Å². The van der Waals surface area contributed by atoms with Gasteiger partial charge in [0.25, 0.3) is 5.91 Å². The van der Waals surface area contributed by atoms with Gasteiger partial charge in [-0.3, -0.25) is 20.4 Å². The number of hydrogen-bond donors (Lipinski definition) is 2. The molecule has 0 saturated carbocycles. The molecule has 3 aromatic rings. The Kier molecular flexibility index (Phi) is 5.24. The lowest BCUT2D eigenvalue weighted by Gasteiger charge is -2.09. The largest absolute Gasteiger partial charge is 0.300 e. The van der Waals surface area contributed by atoms with E-state index >= 15 is 0 Å². The van der Waals surface area contributed by atoms with Gasteiger partial charge in [-0.2, -0.15) is 0 Å². The maximum Gasteiger partial charge on any atom is 0.254 e. The highest BCUT2D eigenvalue weighted by Crippen LogP contribution is 2.25. The molecule has 0 unspecified atom stereocenters. The van der Waals surface area contributed by atoms with Crippen molar-refractivity contribution in [3.05, 3.63) is 65.1 Å². The third kappa shape index (κ3) is 4.19. The molecule has 24 heavy (non-hydrogen) atoms. The summed E-state index contributed by atoms with van der Waals surface area (Å²) in [6, 6.07) is 15.3. The van der Waals surface area contributed by atoms with Crippen LogP contribution in [-0.2, 0) is 9.63 Å². The van der Waals surface area contributed by atoms with E-state index in [0.29, 0.717) is 10.8 Å². The molecule has 3 rings (SSSR count). The smallest absolute Gasteiger partial charge is 0.254 e. The van der Waals surface area contributed by atoms with Gasteiger partial charge in [-0.1, -0.05) is 58.1 Å². The Hall–Kier alpha value is -2.22. The summed E-state index contributed by atoms with van der Waals surface area (Å²) >= 11 is 4.79. The van der Waals surface area contributed by atoms with Gasteiger partial charge in [0.05, 0.1) is 15.9 Å². The van der Waals surface area contributed by atoms with E-state index in [2.05, 4.69) is 38.3 Å². The number of fused-ring (bicyclic) bond motifs is 1. The van der Waals surface area contributed by atoms with E-state index in [4.69, 9.17) is 4.84 Å². The third-order valence-corrected chi connectivity index (χ3v) is 4.61. The highest BCUT2D eigenvalue weighted by molar-refractivity contribution is 9.10. The van der Waals surface area contributed by atoms with Gasteiger partial charge in [0, 0.05) is 4.47 Å². The first kappa shape index (κ1) is 16.6. The fourth-order valence-corrected chi connectivity index (χ4v) is 3.13. The number of hydrogen-bond acceptors (Lipinski definition) is 5. The molecule has 0 aliphatic rings. The lowest BCUT2D eigenvalue weighted by atomic mass is 10.2. The molecule has 5 nitrogen and oxygen atoms in total. The van der Waals surface area contributed by atoms with Crippen LogP contribution in [0.3, 0.4) is 0 Å². The monoisotopic (exact) mass is 403 g/mol. The number of thiazole rings is 1. The van der Waals surface area contributed by atoms with Crippen LogP contribution in [0.15, 0.2) is 59.6 Å². The van der Waals surface area contributed by atoms with E-state index in [1.807, 2.05) is 48.5 Å². The molecule has 7 heteroatoms. The average molecular weight is 404 g/mol. The van der Waals surface area contributed by atoms with E-state index in [-0.39, 0.29) is 12.5 Å². The molecule has 0 aliphatic heterocycles. The van der Waals surface area contributed by atoms with Gasteiger partial charge in [-0.25, -0.2) is 4.98 Å². The van der Waals surface area contributed by atoms with E-state index < -0.39 is 0 Å². The van der Waals surface area contributed by atoms with Gasteiger partial charge in [-0.05, 0) is 29.8 Å². The van der Waals surface area contributed by atoms with Crippen LogP contribution in [-0.4, -0.2) is 17.5 Å². The number of rotatable bonds is 6. The molecule has 1 amide bonds. The highest BCUT2D eigenvalue weighted by atomic mass is 79.9. The lowest BCUT2D eigenvalue weighted by molar-refractivity contribution is -0.122. The Morgan fingerprint density at radius 1 is 1.21 bits per heavy atom. The number of carbonyl (C=O) groups excluding carboxylic acids is 1. The molecule has 0 spiro atoms.